The summed E-state index contributed by atoms with van der Waals surface area (Å²) in [5, 5.41) is 2.42. The molecule has 2 N–H and O–H groups in total. The lowest BCUT2D eigenvalue weighted by atomic mass is 10.0. The number of hydrogen-bond acceptors (Lipinski definition) is 0. The first-order valence-electron chi connectivity index (χ1n) is 4.60. The summed E-state index contributed by atoms with van der Waals surface area (Å²) in [6.07, 6.45) is 11.9. The van der Waals surface area contributed by atoms with Crippen molar-refractivity contribution in [2.75, 3.05) is 0 Å². The Balaban J connectivity index is 2.38. The Hall–Kier alpha value is -0.820. The minimum Gasteiger partial charge on any atom is -0.337 e. The van der Waals surface area contributed by atoms with Gasteiger partial charge in [-0.1, -0.05) is 18.2 Å². The molecule has 0 bridgehead atoms. The van der Waals surface area contributed by atoms with Gasteiger partial charge < -0.3 is 5.32 Å². The van der Waals surface area contributed by atoms with Crippen molar-refractivity contribution in [3.63, 3.8) is 0 Å². The van der Waals surface area contributed by atoms with Gasteiger partial charge in [0, 0.05) is 19.3 Å². The van der Waals surface area contributed by atoms with Gasteiger partial charge in [0.15, 0.2) is 0 Å². The van der Waals surface area contributed by atoms with Gasteiger partial charge in [0.1, 0.15) is 6.04 Å². The van der Waals surface area contributed by atoms with Crippen molar-refractivity contribution in [3.8, 4) is 0 Å². The molecule has 0 aromatic rings. The van der Waals surface area contributed by atoms with E-state index in [1.165, 1.54) is 6.42 Å². The largest absolute Gasteiger partial charge is 0.337 e. The molecule has 0 spiro atoms. The number of quaternary nitrogens is 1. The van der Waals surface area contributed by atoms with E-state index in [9.17, 15) is 0 Å². The van der Waals surface area contributed by atoms with E-state index in [2.05, 4.69) is 30.6 Å². The lowest BCUT2D eigenvalue weighted by molar-refractivity contribution is -0.713. The van der Waals surface area contributed by atoms with Crippen LogP contribution in [0.15, 0.2) is 37.5 Å². The van der Waals surface area contributed by atoms with Gasteiger partial charge in [0.2, 0.25) is 0 Å². The van der Waals surface area contributed by atoms with Crippen molar-refractivity contribution in [2.45, 2.75) is 31.3 Å². The molecule has 12 heavy (non-hydrogen) atoms. The molecule has 0 radical (unpaired) electrons. The minimum absolute atomic E-state index is 0.612. The first-order chi connectivity index (χ1) is 5.86. The van der Waals surface area contributed by atoms with E-state index in [1.54, 1.807) is 0 Å². The third-order valence-electron chi connectivity index (χ3n) is 2.25. The normalized spacial score (nSPS) is 28.3. The number of nitrogens with two attached hydrogens (primary N) is 1. The highest BCUT2D eigenvalue weighted by atomic mass is 14.9. The van der Waals surface area contributed by atoms with E-state index in [0.29, 0.717) is 12.1 Å². The molecule has 1 aliphatic heterocycles. The Kier molecular flexibility index (Phi) is 3.81. The molecule has 1 heteroatoms. The molecule has 0 saturated carbocycles. The van der Waals surface area contributed by atoms with Gasteiger partial charge in [-0.25, -0.2) is 0 Å². The number of hydrogen-bond donors (Lipinski definition) is 1. The molecule has 2 atom stereocenters. The van der Waals surface area contributed by atoms with E-state index < -0.39 is 0 Å². The summed E-state index contributed by atoms with van der Waals surface area (Å²) in [5.41, 5.74) is 0. The van der Waals surface area contributed by atoms with Gasteiger partial charge in [0.25, 0.3) is 0 Å². The summed E-state index contributed by atoms with van der Waals surface area (Å²) in [5.74, 6) is 0. The van der Waals surface area contributed by atoms with Crippen LogP contribution in [0.2, 0.25) is 0 Å². The standard InChI is InChI=1S/C11H17N/c1-3-6-10-8-5-9-11(12-10)7-4-2/h3-5,8,10-12H,1-2,6-7,9H2/p+1/t10-,11-/m0/s1. The lowest BCUT2D eigenvalue weighted by Gasteiger charge is -2.21. The Morgan fingerprint density at radius 2 is 2.08 bits per heavy atom. The highest BCUT2D eigenvalue weighted by Gasteiger charge is 2.17. The van der Waals surface area contributed by atoms with Crippen LogP contribution in [0.5, 0.6) is 0 Å². The van der Waals surface area contributed by atoms with Crippen molar-refractivity contribution < 1.29 is 5.32 Å². The summed E-state index contributed by atoms with van der Waals surface area (Å²) in [6.45, 7) is 7.51. The highest BCUT2D eigenvalue weighted by molar-refractivity contribution is 4.96. The van der Waals surface area contributed by atoms with E-state index >= 15 is 0 Å². The molecule has 0 aliphatic carbocycles. The second kappa shape index (κ2) is 4.94. The Bertz CT molecular complexity index is 181. The summed E-state index contributed by atoms with van der Waals surface area (Å²) in [6, 6.07) is 1.32. The zero-order chi connectivity index (χ0) is 8.81. The van der Waals surface area contributed by atoms with Crippen LogP contribution in [-0.4, -0.2) is 12.1 Å². The molecule has 1 nitrogen and oxygen atoms in total. The van der Waals surface area contributed by atoms with Crippen LogP contribution in [-0.2, 0) is 0 Å². The molecule has 0 aromatic heterocycles. The molecule has 66 valence electrons. The predicted octanol–water partition coefficient (Wildman–Crippen LogP) is 1.40. The SMILES string of the molecule is C=CC[C@H]1CC=C[C@H](CC=C)[NH2+]1. The quantitative estimate of drug-likeness (QED) is 0.605. The third-order valence-corrected chi connectivity index (χ3v) is 2.25. The maximum atomic E-state index is 3.76. The fourth-order valence-electron chi connectivity index (χ4n) is 1.66. The molecular weight excluding hydrogens is 146 g/mol. The fraction of sp³-hybridized carbons (Fsp3) is 0.455. The van der Waals surface area contributed by atoms with Crippen LogP contribution in [0, 0.1) is 0 Å². The Morgan fingerprint density at radius 1 is 1.33 bits per heavy atom. The summed E-state index contributed by atoms with van der Waals surface area (Å²) < 4.78 is 0. The van der Waals surface area contributed by atoms with Crippen LogP contribution in [0.1, 0.15) is 19.3 Å². The van der Waals surface area contributed by atoms with Crippen molar-refractivity contribution in [2.24, 2.45) is 0 Å². The van der Waals surface area contributed by atoms with Crippen LogP contribution in [0.25, 0.3) is 0 Å². The van der Waals surface area contributed by atoms with Gasteiger partial charge in [-0.3, -0.25) is 0 Å². The smallest absolute Gasteiger partial charge is 0.108 e. The van der Waals surface area contributed by atoms with Crippen LogP contribution in [0.3, 0.4) is 0 Å². The molecule has 1 heterocycles. The van der Waals surface area contributed by atoms with E-state index in [-0.39, 0.29) is 0 Å². The zero-order valence-corrected chi connectivity index (χ0v) is 7.58. The van der Waals surface area contributed by atoms with Crippen molar-refractivity contribution in [3.05, 3.63) is 37.5 Å². The molecule has 0 aromatic carbocycles. The van der Waals surface area contributed by atoms with Gasteiger partial charge in [0.05, 0.1) is 6.04 Å². The second-order valence-corrected chi connectivity index (χ2v) is 3.33. The van der Waals surface area contributed by atoms with E-state index in [0.717, 1.165) is 12.8 Å². The first-order valence-corrected chi connectivity index (χ1v) is 4.60. The topological polar surface area (TPSA) is 16.6 Å². The Morgan fingerprint density at radius 3 is 2.75 bits per heavy atom. The minimum atomic E-state index is 0.612. The molecular formula is C11H18N+. The monoisotopic (exact) mass is 164 g/mol. The van der Waals surface area contributed by atoms with Crippen molar-refractivity contribution in [1.29, 1.82) is 0 Å². The Labute approximate surface area is 74.9 Å². The molecule has 0 amide bonds. The molecule has 0 fully saturated rings. The fourth-order valence-corrected chi connectivity index (χ4v) is 1.66. The maximum absolute atomic E-state index is 3.76. The maximum Gasteiger partial charge on any atom is 0.108 e. The summed E-state index contributed by atoms with van der Waals surface area (Å²) in [7, 11) is 0. The predicted molar refractivity (Wildman–Crippen MR) is 52.9 cm³/mol. The van der Waals surface area contributed by atoms with E-state index in [1.807, 2.05) is 12.2 Å². The summed E-state index contributed by atoms with van der Waals surface area (Å²) >= 11 is 0. The van der Waals surface area contributed by atoms with Crippen LogP contribution in [0.4, 0.5) is 0 Å². The molecule has 0 unspecified atom stereocenters. The van der Waals surface area contributed by atoms with Crippen LogP contribution >= 0.6 is 0 Å². The van der Waals surface area contributed by atoms with Gasteiger partial charge >= 0.3 is 0 Å². The average molecular weight is 164 g/mol. The zero-order valence-electron chi connectivity index (χ0n) is 7.58. The molecule has 1 rings (SSSR count). The average Bonchev–Trinajstić information content (AvgIpc) is 2.06. The van der Waals surface area contributed by atoms with Crippen LogP contribution < -0.4 is 5.32 Å². The lowest BCUT2D eigenvalue weighted by Crippen LogP contribution is -2.95. The molecule has 0 saturated heterocycles. The van der Waals surface area contributed by atoms with E-state index in [4.69, 9.17) is 0 Å². The first kappa shape index (κ1) is 9.27. The van der Waals surface area contributed by atoms with Gasteiger partial charge in [-0.05, 0) is 6.08 Å². The number of rotatable bonds is 4. The third kappa shape index (κ3) is 2.67. The van der Waals surface area contributed by atoms with Gasteiger partial charge in [-0.15, -0.1) is 13.2 Å². The summed E-state index contributed by atoms with van der Waals surface area (Å²) in [4.78, 5) is 0. The molecule has 1 aliphatic rings. The van der Waals surface area contributed by atoms with Gasteiger partial charge in [-0.2, -0.15) is 0 Å². The van der Waals surface area contributed by atoms with Crippen molar-refractivity contribution in [1.82, 2.24) is 0 Å². The second-order valence-electron chi connectivity index (χ2n) is 3.33. The van der Waals surface area contributed by atoms with Crippen molar-refractivity contribution >= 4 is 0 Å². The highest BCUT2D eigenvalue weighted by Crippen LogP contribution is 2.03.